The molecule has 0 unspecified atom stereocenters. The maximum Gasteiger partial charge on any atom is 0.270 e. The van der Waals surface area contributed by atoms with Crippen molar-refractivity contribution < 1.29 is 14.3 Å². The standard InChI is InChI=1S/C19H16N2O3S2/c1-12(22)20-14-5-3-13(4-6-14)11-17-18(23)21(19(25)26-17)15-7-9-16(24-2)10-8-15/h3-11H,1-2H3,(H,20,22)/b17-11+. The highest BCUT2D eigenvalue weighted by molar-refractivity contribution is 8.27. The van der Waals surface area contributed by atoms with Gasteiger partial charge >= 0.3 is 0 Å². The Morgan fingerprint density at radius 3 is 2.38 bits per heavy atom. The number of thiocarbonyl (C=S) groups is 1. The number of nitrogens with one attached hydrogen (secondary N) is 1. The molecule has 1 aliphatic heterocycles. The first-order chi connectivity index (χ1) is 12.5. The molecule has 1 N–H and O–H groups in total. The monoisotopic (exact) mass is 384 g/mol. The predicted molar refractivity (Wildman–Crippen MR) is 109 cm³/mol. The van der Waals surface area contributed by atoms with E-state index in [0.717, 1.165) is 5.56 Å². The molecule has 132 valence electrons. The van der Waals surface area contributed by atoms with Gasteiger partial charge in [-0.25, -0.2) is 0 Å². The Labute approximate surface area is 161 Å². The number of carbonyl (C=O) groups is 2. The molecule has 5 nitrogen and oxygen atoms in total. The van der Waals surface area contributed by atoms with Crippen molar-refractivity contribution in [3.63, 3.8) is 0 Å². The summed E-state index contributed by atoms with van der Waals surface area (Å²) >= 11 is 6.63. The van der Waals surface area contributed by atoms with Crippen molar-refractivity contribution in [2.45, 2.75) is 6.92 Å². The minimum absolute atomic E-state index is 0.127. The van der Waals surface area contributed by atoms with E-state index in [-0.39, 0.29) is 11.8 Å². The molecular formula is C19H16N2O3S2. The third-order valence-electron chi connectivity index (χ3n) is 3.65. The highest BCUT2D eigenvalue weighted by atomic mass is 32.2. The summed E-state index contributed by atoms with van der Waals surface area (Å²) in [6.45, 7) is 1.46. The summed E-state index contributed by atoms with van der Waals surface area (Å²) in [6, 6.07) is 14.4. The van der Waals surface area contributed by atoms with Crippen LogP contribution in [0, 0.1) is 0 Å². The Hall–Kier alpha value is -2.64. The second-order valence-electron chi connectivity index (χ2n) is 5.52. The van der Waals surface area contributed by atoms with E-state index in [2.05, 4.69) is 5.32 Å². The first-order valence-electron chi connectivity index (χ1n) is 7.77. The largest absolute Gasteiger partial charge is 0.497 e. The molecular weight excluding hydrogens is 368 g/mol. The van der Waals surface area contributed by atoms with Gasteiger partial charge in [0.05, 0.1) is 17.7 Å². The number of amides is 2. The molecule has 2 aromatic rings. The van der Waals surface area contributed by atoms with Crippen molar-refractivity contribution in [2.75, 3.05) is 17.3 Å². The number of anilines is 2. The van der Waals surface area contributed by atoms with E-state index in [1.54, 1.807) is 49.6 Å². The van der Waals surface area contributed by atoms with Gasteiger partial charge in [0.25, 0.3) is 5.91 Å². The number of methoxy groups -OCH3 is 1. The van der Waals surface area contributed by atoms with Crippen LogP contribution in [0.4, 0.5) is 11.4 Å². The molecule has 1 saturated heterocycles. The third-order valence-corrected chi connectivity index (χ3v) is 4.96. The molecule has 1 heterocycles. The van der Waals surface area contributed by atoms with Crippen LogP contribution in [-0.4, -0.2) is 23.2 Å². The zero-order valence-corrected chi connectivity index (χ0v) is 15.8. The molecule has 2 amide bonds. The molecule has 1 fully saturated rings. The Bertz CT molecular complexity index is 890. The molecule has 0 saturated carbocycles. The van der Waals surface area contributed by atoms with Crippen LogP contribution in [-0.2, 0) is 9.59 Å². The Morgan fingerprint density at radius 1 is 1.15 bits per heavy atom. The number of hydrogen-bond donors (Lipinski definition) is 1. The summed E-state index contributed by atoms with van der Waals surface area (Å²) in [5.41, 5.74) is 2.27. The first kappa shape index (κ1) is 18.2. The number of benzene rings is 2. The molecule has 26 heavy (non-hydrogen) atoms. The molecule has 7 heteroatoms. The minimum Gasteiger partial charge on any atom is -0.497 e. The number of thioether (sulfide) groups is 1. The topological polar surface area (TPSA) is 58.6 Å². The molecule has 3 rings (SSSR count). The van der Waals surface area contributed by atoms with Gasteiger partial charge in [-0.2, -0.15) is 0 Å². The van der Waals surface area contributed by atoms with Crippen LogP contribution in [0.5, 0.6) is 5.75 Å². The molecule has 0 atom stereocenters. The van der Waals surface area contributed by atoms with E-state index in [4.69, 9.17) is 17.0 Å². The summed E-state index contributed by atoms with van der Waals surface area (Å²) in [7, 11) is 1.59. The molecule has 0 spiro atoms. The van der Waals surface area contributed by atoms with Crippen molar-refractivity contribution in [2.24, 2.45) is 0 Å². The van der Waals surface area contributed by atoms with Gasteiger partial charge in [-0.1, -0.05) is 36.1 Å². The molecule has 0 aliphatic carbocycles. The maximum absolute atomic E-state index is 12.7. The lowest BCUT2D eigenvalue weighted by Crippen LogP contribution is -2.27. The second kappa shape index (κ2) is 7.72. The fourth-order valence-corrected chi connectivity index (χ4v) is 3.74. The van der Waals surface area contributed by atoms with Gasteiger partial charge in [-0.3, -0.25) is 14.5 Å². The SMILES string of the molecule is COc1ccc(N2C(=O)/C(=C\c3ccc(NC(C)=O)cc3)SC2=S)cc1. The summed E-state index contributed by atoms with van der Waals surface area (Å²) in [6.07, 6.45) is 1.79. The van der Waals surface area contributed by atoms with E-state index in [0.29, 0.717) is 26.3 Å². The average Bonchev–Trinajstić information content (AvgIpc) is 2.90. The lowest BCUT2D eigenvalue weighted by Gasteiger charge is -2.14. The van der Waals surface area contributed by atoms with Crippen molar-refractivity contribution in [1.29, 1.82) is 0 Å². The van der Waals surface area contributed by atoms with Crippen molar-refractivity contribution in [3.05, 3.63) is 59.0 Å². The Morgan fingerprint density at radius 2 is 1.81 bits per heavy atom. The van der Waals surface area contributed by atoms with E-state index in [1.807, 2.05) is 12.1 Å². The molecule has 0 aromatic heterocycles. The van der Waals surface area contributed by atoms with Gasteiger partial charge < -0.3 is 10.1 Å². The van der Waals surface area contributed by atoms with Gasteiger partial charge in [0.1, 0.15) is 5.75 Å². The Kier molecular flexibility index (Phi) is 5.39. The summed E-state index contributed by atoms with van der Waals surface area (Å²) in [4.78, 5) is 25.9. The van der Waals surface area contributed by atoms with Crippen molar-refractivity contribution >= 4 is 57.6 Å². The van der Waals surface area contributed by atoms with Gasteiger partial charge in [0.2, 0.25) is 5.91 Å². The van der Waals surface area contributed by atoms with Crippen LogP contribution in [0.15, 0.2) is 53.4 Å². The number of rotatable bonds is 4. The van der Waals surface area contributed by atoms with E-state index in [9.17, 15) is 9.59 Å². The fraction of sp³-hybridized carbons (Fsp3) is 0.105. The van der Waals surface area contributed by atoms with Crippen LogP contribution < -0.4 is 15.0 Å². The van der Waals surface area contributed by atoms with Gasteiger partial charge in [-0.05, 0) is 48.0 Å². The van der Waals surface area contributed by atoms with Gasteiger partial charge in [-0.15, -0.1) is 0 Å². The minimum atomic E-state index is -0.156. The lowest BCUT2D eigenvalue weighted by molar-refractivity contribution is -0.114. The van der Waals surface area contributed by atoms with Crippen LogP contribution >= 0.6 is 24.0 Å². The highest BCUT2D eigenvalue weighted by Gasteiger charge is 2.33. The van der Waals surface area contributed by atoms with Crippen LogP contribution in [0.3, 0.4) is 0 Å². The molecule has 0 bridgehead atoms. The van der Waals surface area contributed by atoms with E-state index < -0.39 is 0 Å². The number of nitrogens with zero attached hydrogens (tertiary/aromatic N) is 1. The van der Waals surface area contributed by atoms with Gasteiger partial charge in [0, 0.05) is 12.6 Å². The maximum atomic E-state index is 12.7. The summed E-state index contributed by atoms with van der Waals surface area (Å²) < 4.78 is 5.63. The number of ether oxygens (including phenoxy) is 1. The van der Waals surface area contributed by atoms with Crippen LogP contribution in [0.2, 0.25) is 0 Å². The van der Waals surface area contributed by atoms with E-state index in [1.165, 1.54) is 23.6 Å². The smallest absolute Gasteiger partial charge is 0.270 e. The fourth-order valence-electron chi connectivity index (χ4n) is 2.44. The van der Waals surface area contributed by atoms with Gasteiger partial charge in [0.15, 0.2) is 4.32 Å². The zero-order chi connectivity index (χ0) is 18.7. The van der Waals surface area contributed by atoms with Crippen LogP contribution in [0.1, 0.15) is 12.5 Å². The highest BCUT2D eigenvalue weighted by Crippen LogP contribution is 2.36. The Balaban J connectivity index is 1.81. The zero-order valence-electron chi connectivity index (χ0n) is 14.2. The lowest BCUT2D eigenvalue weighted by atomic mass is 10.2. The number of hydrogen-bond acceptors (Lipinski definition) is 5. The second-order valence-corrected chi connectivity index (χ2v) is 7.19. The van der Waals surface area contributed by atoms with Crippen molar-refractivity contribution in [3.8, 4) is 5.75 Å². The quantitative estimate of drug-likeness (QED) is 0.636. The van der Waals surface area contributed by atoms with Crippen molar-refractivity contribution in [1.82, 2.24) is 0 Å². The average molecular weight is 384 g/mol. The summed E-state index contributed by atoms with van der Waals surface area (Å²) in [5, 5.41) is 2.71. The van der Waals surface area contributed by atoms with E-state index >= 15 is 0 Å². The normalized spacial score (nSPS) is 15.5. The van der Waals surface area contributed by atoms with Crippen LogP contribution in [0.25, 0.3) is 6.08 Å². The third kappa shape index (κ3) is 3.95. The first-order valence-corrected chi connectivity index (χ1v) is 9.00. The molecule has 2 aromatic carbocycles. The summed E-state index contributed by atoms with van der Waals surface area (Å²) in [5.74, 6) is 0.434. The predicted octanol–water partition coefficient (Wildman–Crippen LogP) is 4.06. The molecule has 0 radical (unpaired) electrons. The number of carbonyl (C=O) groups excluding carboxylic acids is 2. The molecule has 1 aliphatic rings.